The maximum atomic E-state index is 11.8. The second-order valence-corrected chi connectivity index (χ2v) is 5.85. The highest BCUT2D eigenvalue weighted by molar-refractivity contribution is 5.91. The molecule has 0 aliphatic rings. The van der Waals surface area contributed by atoms with Gasteiger partial charge >= 0.3 is 5.97 Å². The number of methoxy groups -OCH3 is 2. The van der Waals surface area contributed by atoms with Gasteiger partial charge in [-0.05, 0) is 32.0 Å². The Hall–Kier alpha value is -3.55. The molecule has 2 heterocycles. The third-order valence-electron chi connectivity index (χ3n) is 4.26. The summed E-state index contributed by atoms with van der Waals surface area (Å²) in [4.78, 5) is 20.1. The second kappa shape index (κ2) is 6.99. The minimum absolute atomic E-state index is 0.0167. The minimum Gasteiger partial charge on any atom is -0.507 e. The van der Waals surface area contributed by atoms with Gasteiger partial charge in [0.1, 0.15) is 17.3 Å². The molecule has 2 aromatic heterocycles. The highest BCUT2D eigenvalue weighted by atomic mass is 16.5. The van der Waals surface area contributed by atoms with Crippen molar-refractivity contribution in [2.45, 2.75) is 13.8 Å². The van der Waals surface area contributed by atoms with Crippen molar-refractivity contribution in [2.24, 2.45) is 0 Å². The smallest absolute Gasteiger partial charge is 0.373 e. The van der Waals surface area contributed by atoms with Crippen LogP contribution in [-0.4, -0.2) is 35.3 Å². The number of furan rings is 1. The molecule has 0 unspecified atom stereocenters. The summed E-state index contributed by atoms with van der Waals surface area (Å²) in [5.74, 6) is 0.564. The number of ether oxygens (including phenoxy) is 2. The number of phenolic OH excluding ortho intramolecular Hbond substituents is 1. The van der Waals surface area contributed by atoms with E-state index in [4.69, 9.17) is 19.6 Å². The molecular formula is C19H19N3O5. The van der Waals surface area contributed by atoms with Gasteiger partial charge in [0, 0.05) is 28.5 Å². The lowest BCUT2D eigenvalue weighted by Gasteiger charge is -2.13. The van der Waals surface area contributed by atoms with Gasteiger partial charge in [-0.1, -0.05) is 0 Å². The Morgan fingerprint density at radius 3 is 2.59 bits per heavy atom. The molecule has 3 aromatic rings. The Morgan fingerprint density at radius 2 is 1.93 bits per heavy atom. The molecule has 0 bridgehead atoms. The molecule has 1 aromatic carbocycles. The molecule has 27 heavy (non-hydrogen) atoms. The van der Waals surface area contributed by atoms with Crippen LogP contribution >= 0.6 is 0 Å². The summed E-state index contributed by atoms with van der Waals surface area (Å²) in [6.07, 6.45) is 1.52. The van der Waals surface area contributed by atoms with Gasteiger partial charge in [-0.15, -0.1) is 0 Å². The molecule has 3 rings (SSSR count). The Morgan fingerprint density at radius 1 is 1.19 bits per heavy atom. The maximum Gasteiger partial charge on any atom is 0.373 e. The quantitative estimate of drug-likeness (QED) is 0.673. The average Bonchev–Trinajstić information content (AvgIpc) is 3.04. The molecule has 0 fully saturated rings. The minimum atomic E-state index is -0.592. The number of carbonyl (C=O) groups excluding carboxylic acids is 1. The molecule has 0 amide bonds. The average molecular weight is 369 g/mol. The highest BCUT2D eigenvalue weighted by Gasteiger charge is 2.22. The molecule has 0 radical (unpaired) electrons. The van der Waals surface area contributed by atoms with Crippen LogP contribution in [0.15, 0.2) is 28.8 Å². The first kappa shape index (κ1) is 18.2. The molecule has 0 atom stereocenters. The second-order valence-electron chi connectivity index (χ2n) is 5.85. The number of phenols is 1. The SMILES string of the molecule is COC(=O)c1cc(-c2cnc(N)nc2-c2ccc(OC)c(C)c2O)c(C)o1. The first-order chi connectivity index (χ1) is 12.9. The predicted molar refractivity (Wildman–Crippen MR) is 98.6 cm³/mol. The molecule has 0 aliphatic carbocycles. The van der Waals surface area contributed by atoms with Gasteiger partial charge < -0.3 is 24.7 Å². The largest absolute Gasteiger partial charge is 0.507 e. The fourth-order valence-corrected chi connectivity index (χ4v) is 2.84. The number of benzene rings is 1. The summed E-state index contributed by atoms with van der Waals surface area (Å²) >= 11 is 0. The number of rotatable bonds is 4. The van der Waals surface area contributed by atoms with E-state index in [0.29, 0.717) is 39.5 Å². The van der Waals surface area contributed by atoms with E-state index in [1.165, 1.54) is 20.4 Å². The molecule has 0 spiro atoms. The Bertz CT molecular complexity index is 1030. The first-order valence-electron chi connectivity index (χ1n) is 8.06. The number of aryl methyl sites for hydroxylation is 1. The van der Waals surface area contributed by atoms with Crippen molar-refractivity contribution in [1.29, 1.82) is 0 Å². The van der Waals surface area contributed by atoms with Crippen LogP contribution in [0.2, 0.25) is 0 Å². The lowest BCUT2D eigenvalue weighted by Crippen LogP contribution is -2.00. The van der Waals surface area contributed by atoms with Crippen LogP contribution < -0.4 is 10.5 Å². The fourth-order valence-electron chi connectivity index (χ4n) is 2.84. The van der Waals surface area contributed by atoms with Crippen LogP contribution in [0.4, 0.5) is 5.95 Å². The van der Waals surface area contributed by atoms with E-state index in [-0.39, 0.29) is 17.5 Å². The van der Waals surface area contributed by atoms with Crippen LogP contribution in [0.3, 0.4) is 0 Å². The molecule has 140 valence electrons. The van der Waals surface area contributed by atoms with Crippen LogP contribution in [0.1, 0.15) is 21.9 Å². The number of nitrogens with zero attached hydrogens (tertiary/aromatic N) is 2. The van der Waals surface area contributed by atoms with E-state index < -0.39 is 5.97 Å². The third-order valence-corrected chi connectivity index (χ3v) is 4.26. The maximum absolute atomic E-state index is 11.8. The van der Waals surface area contributed by atoms with E-state index in [0.717, 1.165) is 0 Å². The normalized spacial score (nSPS) is 10.7. The number of hydrogen-bond acceptors (Lipinski definition) is 8. The highest BCUT2D eigenvalue weighted by Crippen LogP contribution is 2.41. The van der Waals surface area contributed by atoms with Gasteiger partial charge in [-0.2, -0.15) is 0 Å². The first-order valence-corrected chi connectivity index (χ1v) is 8.06. The zero-order valence-corrected chi connectivity index (χ0v) is 15.4. The standard InChI is InChI=1S/C19H19N3O5/c1-9-14(25-3)6-5-11(17(9)23)16-13(8-21-19(20)22-16)12-7-15(18(24)26-4)27-10(12)2/h5-8,23H,1-4H3,(H2,20,21,22). The summed E-state index contributed by atoms with van der Waals surface area (Å²) in [5, 5.41) is 10.6. The summed E-state index contributed by atoms with van der Waals surface area (Å²) in [7, 11) is 2.80. The summed E-state index contributed by atoms with van der Waals surface area (Å²) in [6, 6.07) is 4.96. The molecule has 8 nitrogen and oxygen atoms in total. The molecule has 3 N–H and O–H groups in total. The van der Waals surface area contributed by atoms with Crippen molar-refractivity contribution in [3.05, 3.63) is 41.5 Å². The van der Waals surface area contributed by atoms with Crippen molar-refractivity contribution >= 4 is 11.9 Å². The van der Waals surface area contributed by atoms with Crippen molar-refractivity contribution in [2.75, 3.05) is 20.0 Å². The zero-order valence-electron chi connectivity index (χ0n) is 15.4. The topological polar surface area (TPSA) is 121 Å². The zero-order chi connectivity index (χ0) is 19.7. The number of aromatic hydroxyl groups is 1. The third kappa shape index (κ3) is 3.17. The number of hydrogen-bond donors (Lipinski definition) is 2. The summed E-state index contributed by atoms with van der Waals surface area (Å²) in [6.45, 7) is 3.45. The van der Waals surface area contributed by atoms with Gasteiger partial charge in [-0.25, -0.2) is 14.8 Å². The predicted octanol–water partition coefficient (Wildman–Crippen LogP) is 3.10. The number of carbonyl (C=O) groups is 1. The van der Waals surface area contributed by atoms with E-state index in [2.05, 4.69) is 9.97 Å². The van der Waals surface area contributed by atoms with Crippen LogP contribution in [0.25, 0.3) is 22.4 Å². The van der Waals surface area contributed by atoms with Gasteiger partial charge in [0.25, 0.3) is 0 Å². The fraction of sp³-hybridized carbons (Fsp3) is 0.211. The van der Waals surface area contributed by atoms with Crippen LogP contribution in [0.5, 0.6) is 11.5 Å². The van der Waals surface area contributed by atoms with E-state index >= 15 is 0 Å². The molecule has 8 heteroatoms. The van der Waals surface area contributed by atoms with Crippen LogP contribution in [0, 0.1) is 13.8 Å². The van der Waals surface area contributed by atoms with Gasteiger partial charge in [0.2, 0.25) is 11.7 Å². The van der Waals surface area contributed by atoms with Crippen molar-refractivity contribution in [3.63, 3.8) is 0 Å². The Kier molecular flexibility index (Phi) is 4.72. The molecule has 0 saturated carbocycles. The van der Waals surface area contributed by atoms with Crippen molar-refractivity contribution in [1.82, 2.24) is 9.97 Å². The number of aromatic nitrogens is 2. The lowest BCUT2D eigenvalue weighted by molar-refractivity contribution is 0.0563. The molecular weight excluding hydrogens is 350 g/mol. The molecule has 0 aliphatic heterocycles. The van der Waals surface area contributed by atoms with E-state index in [1.54, 1.807) is 32.0 Å². The lowest BCUT2D eigenvalue weighted by atomic mass is 9.98. The Balaban J connectivity index is 2.23. The van der Waals surface area contributed by atoms with Gasteiger partial charge in [0.05, 0.1) is 19.9 Å². The molecule has 0 saturated heterocycles. The number of esters is 1. The number of nitrogens with two attached hydrogens (primary N) is 1. The van der Waals surface area contributed by atoms with E-state index in [1.807, 2.05) is 0 Å². The van der Waals surface area contributed by atoms with Crippen molar-refractivity contribution in [3.8, 4) is 33.9 Å². The van der Waals surface area contributed by atoms with Gasteiger partial charge in [0.15, 0.2) is 0 Å². The summed E-state index contributed by atoms with van der Waals surface area (Å²) < 4.78 is 15.4. The number of nitrogen functional groups attached to an aromatic ring is 1. The number of anilines is 1. The van der Waals surface area contributed by atoms with Crippen LogP contribution in [-0.2, 0) is 4.74 Å². The Labute approximate surface area is 155 Å². The van der Waals surface area contributed by atoms with E-state index in [9.17, 15) is 9.90 Å². The van der Waals surface area contributed by atoms with Crippen molar-refractivity contribution < 1.29 is 23.8 Å². The monoisotopic (exact) mass is 369 g/mol. The summed E-state index contributed by atoms with van der Waals surface area (Å²) in [5.41, 5.74) is 8.36. The van der Waals surface area contributed by atoms with Gasteiger partial charge in [-0.3, -0.25) is 0 Å².